The number of benzene rings is 2. The van der Waals surface area contributed by atoms with Gasteiger partial charge in [-0.05, 0) is 42.8 Å². The molecular weight excluding hydrogens is 425 g/mol. The molecule has 0 aliphatic carbocycles. The quantitative estimate of drug-likeness (QED) is 0.583. The number of nitrogens with one attached hydrogen (secondary N) is 2. The van der Waals surface area contributed by atoms with Crippen molar-refractivity contribution in [2.75, 3.05) is 17.2 Å². The molecule has 0 atom stereocenters. The Morgan fingerprint density at radius 1 is 0.900 bits per heavy atom. The number of esters is 1. The number of amides is 2. The maximum absolute atomic E-state index is 12.9. The Balaban J connectivity index is 1.70. The molecule has 2 amide bonds. The standard InChI is InChI=1S/C20H18ClF3N2O4/c21-13-8-10-14(11-9-13)25-17(27)6-3-7-19(29)30-12-18(28)26-16-5-2-1-4-15(16)20(22,23)24/h1-2,4-5,8-11H,3,6-7,12H2,(H,25,27)(H,26,28). The molecule has 0 heterocycles. The zero-order valence-corrected chi connectivity index (χ0v) is 16.3. The molecule has 2 aromatic rings. The first kappa shape index (κ1) is 23.2. The molecule has 0 radical (unpaired) electrons. The molecule has 2 N–H and O–H groups in total. The number of carbonyl (C=O) groups excluding carboxylic acids is 3. The van der Waals surface area contributed by atoms with E-state index in [9.17, 15) is 27.6 Å². The zero-order valence-electron chi connectivity index (χ0n) is 15.6. The molecule has 10 heteroatoms. The summed E-state index contributed by atoms with van der Waals surface area (Å²) in [4.78, 5) is 35.3. The summed E-state index contributed by atoms with van der Waals surface area (Å²) in [7, 11) is 0. The summed E-state index contributed by atoms with van der Waals surface area (Å²) in [5, 5.41) is 5.23. The fraction of sp³-hybridized carbons (Fsp3) is 0.250. The van der Waals surface area contributed by atoms with Crippen LogP contribution in [0.4, 0.5) is 24.5 Å². The summed E-state index contributed by atoms with van der Waals surface area (Å²) in [5.41, 5.74) is -0.871. The van der Waals surface area contributed by atoms with Gasteiger partial charge in [0, 0.05) is 23.6 Å². The van der Waals surface area contributed by atoms with Gasteiger partial charge in [-0.2, -0.15) is 13.2 Å². The molecule has 0 saturated carbocycles. The lowest BCUT2D eigenvalue weighted by Gasteiger charge is -2.13. The molecule has 0 unspecified atom stereocenters. The van der Waals surface area contributed by atoms with Gasteiger partial charge in [0.25, 0.3) is 5.91 Å². The van der Waals surface area contributed by atoms with Gasteiger partial charge in [-0.25, -0.2) is 0 Å². The lowest BCUT2D eigenvalue weighted by Crippen LogP contribution is -2.22. The van der Waals surface area contributed by atoms with Crippen LogP contribution in [0.2, 0.25) is 5.02 Å². The lowest BCUT2D eigenvalue weighted by molar-refractivity contribution is -0.147. The third-order valence-corrected chi connectivity index (χ3v) is 4.04. The van der Waals surface area contributed by atoms with E-state index in [-0.39, 0.29) is 25.2 Å². The third-order valence-electron chi connectivity index (χ3n) is 3.78. The summed E-state index contributed by atoms with van der Waals surface area (Å²) < 4.78 is 43.4. The summed E-state index contributed by atoms with van der Waals surface area (Å²) in [6.07, 6.45) is -4.53. The topological polar surface area (TPSA) is 84.5 Å². The minimum atomic E-state index is -4.63. The lowest BCUT2D eigenvalue weighted by atomic mass is 10.1. The number of alkyl halides is 3. The van der Waals surface area contributed by atoms with Crippen molar-refractivity contribution in [3.8, 4) is 0 Å². The minimum absolute atomic E-state index is 0.0445. The number of rotatable bonds is 8. The molecule has 0 saturated heterocycles. The smallest absolute Gasteiger partial charge is 0.418 e. The Morgan fingerprint density at radius 3 is 2.23 bits per heavy atom. The van der Waals surface area contributed by atoms with Crippen molar-refractivity contribution < 1.29 is 32.3 Å². The summed E-state index contributed by atoms with van der Waals surface area (Å²) in [6.45, 7) is -0.734. The Labute approximate surface area is 175 Å². The van der Waals surface area contributed by atoms with Crippen LogP contribution in [0, 0.1) is 0 Å². The highest BCUT2D eigenvalue weighted by atomic mass is 35.5. The van der Waals surface area contributed by atoms with Gasteiger partial charge in [0.1, 0.15) is 0 Å². The number of carbonyl (C=O) groups is 3. The number of anilines is 2. The average molecular weight is 443 g/mol. The maximum Gasteiger partial charge on any atom is 0.418 e. The highest BCUT2D eigenvalue weighted by Gasteiger charge is 2.33. The largest absolute Gasteiger partial charge is 0.456 e. The van der Waals surface area contributed by atoms with Gasteiger partial charge < -0.3 is 15.4 Å². The number of para-hydroxylation sites is 1. The van der Waals surface area contributed by atoms with Gasteiger partial charge in [0.15, 0.2) is 6.61 Å². The van der Waals surface area contributed by atoms with Crippen molar-refractivity contribution in [2.45, 2.75) is 25.4 Å². The van der Waals surface area contributed by atoms with Crippen LogP contribution >= 0.6 is 11.6 Å². The average Bonchev–Trinajstić information content (AvgIpc) is 2.68. The summed E-state index contributed by atoms with van der Waals surface area (Å²) in [6, 6.07) is 11.0. The number of hydrogen-bond acceptors (Lipinski definition) is 4. The van der Waals surface area contributed by atoms with Crippen LogP contribution in [0.3, 0.4) is 0 Å². The van der Waals surface area contributed by atoms with E-state index in [1.165, 1.54) is 12.1 Å². The molecule has 6 nitrogen and oxygen atoms in total. The normalized spacial score (nSPS) is 10.9. The van der Waals surface area contributed by atoms with Crippen LogP contribution in [-0.4, -0.2) is 24.4 Å². The number of hydrogen-bond donors (Lipinski definition) is 2. The molecule has 0 bridgehead atoms. The molecule has 2 rings (SSSR count). The van der Waals surface area contributed by atoms with E-state index in [2.05, 4.69) is 10.6 Å². The van der Waals surface area contributed by atoms with Crippen molar-refractivity contribution in [1.82, 2.24) is 0 Å². The van der Waals surface area contributed by atoms with Crippen LogP contribution < -0.4 is 10.6 Å². The predicted molar refractivity (Wildman–Crippen MR) is 105 cm³/mol. The van der Waals surface area contributed by atoms with Crippen molar-refractivity contribution in [1.29, 1.82) is 0 Å². The van der Waals surface area contributed by atoms with Crippen LogP contribution in [0.15, 0.2) is 48.5 Å². The summed E-state index contributed by atoms with van der Waals surface area (Å²) in [5.74, 6) is -1.96. The Kier molecular flexibility index (Phi) is 8.23. The maximum atomic E-state index is 12.9. The Bertz CT molecular complexity index is 902. The molecule has 2 aromatic carbocycles. The second-order valence-electron chi connectivity index (χ2n) is 6.16. The Hall–Kier alpha value is -3.07. The first-order valence-electron chi connectivity index (χ1n) is 8.82. The molecule has 0 fully saturated rings. The molecule has 0 spiro atoms. The van der Waals surface area contributed by atoms with Crippen molar-refractivity contribution >= 4 is 40.8 Å². The van der Waals surface area contributed by atoms with Crippen LogP contribution in [0.1, 0.15) is 24.8 Å². The molecule has 160 valence electrons. The molecular formula is C20H18ClF3N2O4. The second-order valence-corrected chi connectivity index (χ2v) is 6.60. The summed E-state index contributed by atoms with van der Waals surface area (Å²) >= 11 is 5.75. The van der Waals surface area contributed by atoms with Crippen molar-refractivity contribution in [3.05, 3.63) is 59.1 Å². The van der Waals surface area contributed by atoms with E-state index in [4.69, 9.17) is 16.3 Å². The predicted octanol–water partition coefficient (Wildman–Crippen LogP) is 4.65. The minimum Gasteiger partial charge on any atom is -0.456 e. The fourth-order valence-corrected chi connectivity index (χ4v) is 2.52. The van der Waals surface area contributed by atoms with E-state index in [1.54, 1.807) is 24.3 Å². The fourth-order valence-electron chi connectivity index (χ4n) is 2.39. The Morgan fingerprint density at radius 2 is 1.57 bits per heavy atom. The van der Waals surface area contributed by atoms with E-state index >= 15 is 0 Å². The SMILES string of the molecule is O=C(CCCC(=O)OCC(=O)Nc1ccccc1C(F)(F)F)Nc1ccc(Cl)cc1. The first-order chi connectivity index (χ1) is 14.1. The first-order valence-corrected chi connectivity index (χ1v) is 9.20. The number of halogens is 4. The van der Waals surface area contributed by atoms with Gasteiger partial charge in [0.05, 0.1) is 11.3 Å². The second kappa shape index (κ2) is 10.6. The van der Waals surface area contributed by atoms with Gasteiger partial charge >= 0.3 is 12.1 Å². The van der Waals surface area contributed by atoms with Gasteiger partial charge in [-0.15, -0.1) is 0 Å². The van der Waals surface area contributed by atoms with Gasteiger partial charge in [0.2, 0.25) is 5.91 Å². The van der Waals surface area contributed by atoms with E-state index in [0.29, 0.717) is 10.7 Å². The third kappa shape index (κ3) is 7.75. The van der Waals surface area contributed by atoms with E-state index in [0.717, 1.165) is 12.1 Å². The van der Waals surface area contributed by atoms with Crippen LogP contribution in [-0.2, 0) is 25.3 Å². The van der Waals surface area contributed by atoms with Crippen LogP contribution in [0.5, 0.6) is 0 Å². The highest BCUT2D eigenvalue weighted by Crippen LogP contribution is 2.34. The molecule has 30 heavy (non-hydrogen) atoms. The highest BCUT2D eigenvalue weighted by molar-refractivity contribution is 6.30. The van der Waals surface area contributed by atoms with Crippen molar-refractivity contribution in [3.63, 3.8) is 0 Å². The zero-order chi connectivity index (χ0) is 22.1. The van der Waals surface area contributed by atoms with Crippen molar-refractivity contribution in [2.24, 2.45) is 0 Å². The van der Waals surface area contributed by atoms with Gasteiger partial charge in [-0.3, -0.25) is 14.4 Å². The molecule has 0 aliphatic heterocycles. The van der Waals surface area contributed by atoms with E-state index < -0.39 is 35.9 Å². The molecule has 0 aliphatic rings. The molecule has 0 aromatic heterocycles. The van der Waals surface area contributed by atoms with E-state index in [1.807, 2.05) is 0 Å². The van der Waals surface area contributed by atoms with Crippen LogP contribution in [0.25, 0.3) is 0 Å². The number of ether oxygens (including phenoxy) is 1. The van der Waals surface area contributed by atoms with Gasteiger partial charge in [-0.1, -0.05) is 23.7 Å². The monoisotopic (exact) mass is 442 g/mol.